The number of nitrogens with one attached hydrogen (secondary N) is 1. The first-order chi connectivity index (χ1) is 12.7. The first kappa shape index (κ1) is 21.2. The molecule has 1 unspecified atom stereocenters. The van der Waals surface area contributed by atoms with Crippen molar-refractivity contribution in [3.8, 4) is 0 Å². The Hall–Kier alpha value is -2.13. The fourth-order valence-corrected chi connectivity index (χ4v) is 3.74. The Morgan fingerprint density at radius 1 is 1.30 bits per heavy atom. The molecule has 0 saturated carbocycles. The Labute approximate surface area is 164 Å². The van der Waals surface area contributed by atoms with Gasteiger partial charge in [0.2, 0.25) is 0 Å². The minimum absolute atomic E-state index is 0.0513. The molecule has 0 radical (unpaired) electrons. The highest BCUT2D eigenvalue weighted by atomic mass is 32.2. The van der Waals surface area contributed by atoms with E-state index in [1.807, 2.05) is 20.8 Å². The van der Waals surface area contributed by atoms with Gasteiger partial charge in [0.15, 0.2) is 11.0 Å². The largest absolute Gasteiger partial charge is 0.349 e. The summed E-state index contributed by atoms with van der Waals surface area (Å²) in [6.07, 6.45) is 3.90. The van der Waals surface area contributed by atoms with Crippen molar-refractivity contribution in [2.45, 2.75) is 43.3 Å². The number of anilines is 1. The average molecular weight is 409 g/mol. The molecule has 1 aromatic heterocycles. The first-order valence-corrected chi connectivity index (χ1v) is 11.1. The van der Waals surface area contributed by atoms with Crippen molar-refractivity contribution in [1.29, 1.82) is 0 Å². The van der Waals surface area contributed by atoms with E-state index in [9.17, 15) is 13.2 Å². The van der Waals surface area contributed by atoms with Crippen LogP contribution in [0.4, 0.5) is 5.82 Å². The van der Waals surface area contributed by atoms with Crippen LogP contribution in [0.15, 0.2) is 40.5 Å². The van der Waals surface area contributed by atoms with Gasteiger partial charge in [0.25, 0.3) is 15.9 Å². The summed E-state index contributed by atoms with van der Waals surface area (Å²) in [5, 5.41) is 3.22. The number of thioether (sulfide) groups is 1. The van der Waals surface area contributed by atoms with Crippen LogP contribution in [0.3, 0.4) is 0 Å². The molecule has 1 atom stereocenters. The number of aryl methyl sites for hydroxylation is 1. The third-order valence-corrected chi connectivity index (χ3v) is 6.46. The van der Waals surface area contributed by atoms with Crippen molar-refractivity contribution >= 4 is 33.5 Å². The summed E-state index contributed by atoms with van der Waals surface area (Å²) in [5.41, 5.74) is 1.07. The second-order valence-corrected chi connectivity index (χ2v) is 8.90. The number of nitrogens with zero attached hydrogens (tertiary/aromatic N) is 3. The van der Waals surface area contributed by atoms with E-state index in [1.165, 1.54) is 37.1 Å². The molecule has 7 nitrogen and oxygen atoms in total. The summed E-state index contributed by atoms with van der Waals surface area (Å²) >= 11 is 1.27. The quantitative estimate of drug-likeness (QED) is 0.559. The Bertz CT molecular complexity index is 915. The Balaban J connectivity index is 2.51. The van der Waals surface area contributed by atoms with Crippen LogP contribution in [0.1, 0.15) is 36.2 Å². The highest BCUT2D eigenvalue weighted by molar-refractivity contribution is 7.98. The van der Waals surface area contributed by atoms with E-state index in [-0.39, 0.29) is 22.3 Å². The molecule has 0 saturated heterocycles. The zero-order chi connectivity index (χ0) is 20.2. The number of hydrogen-bond acceptors (Lipinski definition) is 6. The lowest BCUT2D eigenvalue weighted by molar-refractivity contribution is 0.0939. The van der Waals surface area contributed by atoms with Gasteiger partial charge in [-0.15, -0.1) is 0 Å². The van der Waals surface area contributed by atoms with Crippen molar-refractivity contribution in [3.63, 3.8) is 0 Å². The zero-order valence-electron chi connectivity index (χ0n) is 16.1. The number of hydrogen-bond donors (Lipinski definition) is 1. The summed E-state index contributed by atoms with van der Waals surface area (Å²) in [6.45, 7) is 5.71. The van der Waals surface area contributed by atoms with Crippen molar-refractivity contribution < 1.29 is 13.2 Å². The third-order valence-electron chi connectivity index (χ3n) is 4.14. The number of carbonyl (C=O) groups excluding carboxylic acids is 1. The molecule has 1 amide bonds. The van der Waals surface area contributed by atoms with Crippen molar-refractivity contribution in [2.75, 3.05) is 17.6 Å². The van der Waals surface area contributed by atoms with Crippen molar-refractivity contribution in [3.05, 3.63) is 41.6 Å². The molecule has 0 spiro atoms. The van der Waals surface area contributed by atoms with Crippen LogP contribution in [0.5, 0.6) is 0 Å². The lowest BCUT2D eigenvalue weighted by atomic mass is 10.2. The van der Waals surface area contributed by atoms with Gasteiger partial charge < -0.3 is 5.32 Å². The van der Waals surface area contributed by atoms with Gasteiger partial charge in [-0.1, -0.05) is 36.4 Å². The van der Waals surface area contributed by atoms with E-state index in [2.05, 4.69) is 15.3 Å². The first-order valence-electron chi connectivity index (χ1n) is 8.48. The zero-order valence-corrected chi connectivity index (χ0v) is 17.7. The number of aromatic nitrogens is 2. The van der Waals surface area contributed by atoms with Crippen molar-refractivity contribution in [1.82, 2.24) is 15.3 Å². The Morgan fingerprint density at radius 3 is 2.48 bits per heavy atom. The maximum absolute atomic E-state index is 13.0. The second-order valence-electron chi connectivity index (χ2n) is 6.16. The van der Waals surface area contributed by atoms with Gasteiger partial charge in [-0.05, 0) is 38.7 Å². The van der Waals surface area contributed by atoms with Crippen LogP contribution in [-0.2, 0) is 10.0 Å². The summed E-state index contributed by atoms with van der Waals surface area (Å²) in [5.74, 6) is -0.353. The molecule has 0 bridgehead atoms. The molecule has 0 aliphatic carbocycles. The number of carbonyl (C=O) groups is 1. The molecule has 0 aliphatic rings. The molecule has 1 heterocycles. The summed E-state index contributed by atoms with van der Waals surface area (Å²) in [6, 6.07) is 6.48. The van der Waals surface area contributed by atoms with Gasteiger partial charge in [-0.3, -0.25) is 9.10 Å². The molecule has 1 N–H and O–H groups in total. The van der Waals surface area contributed by atoms with E-state index in [1.54, 1.807) is 18.4 Å². The second kappa shape index (κ2) is 8.71. The molecule has 0 fully saturated rings. The highest BCUT2D eigenvalue weighted by Crippen LogP contribution is 2.25. The van der Waals surface area contributed by atoms with Gasteiger partial charge in [0.1, 0.15) is 5.56 Å². The van der Waals surface area contributed by atoms with Crippen LogP contribution >= 0.6 is 11.8 Å². The molecule has 9 heteroatoms. The predicted octanol–water partition coefficient (Wildman–Crippen LogP) is 2.86. The molecule has 2 aromatic rings. The van der Waals surface area contributed by atoms with E-state index < -0.39 is 15.9 Å². The minimum atomic E-state index is -3.87. The van der Waals surface area contributed by atoms with Gasteiger partial charge in [0, 0.05) is 19.3 Å². The fraction of sp³-hybridized carbons (Fsp3) is 0.389. The van der Waals surface area contributed by atoms with Crippen molar-refractivity contribution in [2.24, 2.45) is 0 Å². The molecule has 0 aliphatic heterocycles. The minimum Gasteiger partial charge on any atom is -0.349 e. The predicted molar refractivity (Wildman–Crippen MR) is 108 cm³/mol. The fourth-order valence-electron chi connectivity index (χ4n) is 2.24. The maximum Gasteiger partial charge on any atom is 0.265 e. The Morgan fingerprint density at radius 2 is 1.93 bits per heavy atom. The number of amides is 1. The SMILES string of the molecule is CCC(C)NC(=O)c1cnc(SC)nc1N(C)S(=O)(=O)c1ccc(C)cc1. The number of rotatable bonds is 7. The van der Waals surface area contributed by atoms with E-state index in [0.717, 1.165) is 16.3 Å². The monoisotopic (exact) mass is 408 g/mol. The van der Waals surface area contributed by atoms with Crippen LogP contribution in [0.25, 0.3) is 0 Å². The lowest BCUT2D eigenvalue weighted by Gasteiger charge is -2.22. The summed E-state index contributed by atoms with van der Waals surface area (Å²) in [7, 11) is -2.48. The van der Waals surface area contributed by atoms with Crippen LogP contribution in [-0.4, -0.2) is 43.6 Å². The highest BCUT2D eigenvalue weighted by Gasteiger charge is 2.27. The van der Waals surface area contributed by atoms with Gasteiger partial charge in [0.05, 0.1) is 4.90 Å². The smallest absolute Gasteiger partial charge is 0.265 e. The summed E-state index contributed by atoms with van der Waals surface area (Å²) in [4.78, 5) is 21.2. The summed E-state index contributed by atoms with van der Waals surface area (Å²) < 4.78 is 27.1. The van der Waals surface area contributed by atoms with Gasteiger partial charge in [-0.2, -0.15) is 0 Å². The molecule has 27 heavy (non-hydrogen) atoms. The van der Waals surface area contributed by atoms with Gasteiger partial charge in [-0.25, -0.2) is 18.4 Å². The van der Waals surface area contributed by atoms with Crippen LogP contribution < -0.4 is 9.62 Å². The Kier molecular flexibility index (Phi) is 6.83. The van der Waals surface area contributed by atoms with E-state index in [0.29, 0.717) is 5.16 Å². The van der Waals surface area contributed by atoms with Gasteiger partial charge >= 0.3 is 0 Å². The topological polar surface area (TPSA) is 92.3 Å². The standard InChI is InChI=1S/C18H24N4O3S2/c1-6-13(3)20-17(23)15-11-19-18(26-5)21-16(15)22(4)27(24,25)14-9-7-12(2)8-10-14/h7-11,13H,6H2,1-5H3,(H,20,23). The molecular weight excluding hydrogens is 384 g/mol. The van der Waals surface area contributed by atoms with Crippen LogP contribution in [0, 0.1) is 6.92 Å². The molecular formula is C18H24N4O3S2. The molecule has 1 aromatic carbocycles. The average Bonchev–Trinajstić information content (AvgIpc) is 2.66. The molecule has 146 valence electrons. The number of benzene rings is 1. The van der Waals surface area contributed by atoms with E-state index in [4.69, 9.17) is 0 Å². The number of sulfonamides is 1. The van der Waals surface area contributed by atoms with Crippen LogP contribution in [0.2, 0.25) is 0 Å². The van der Waals surface area contributed by atoms with E-state index >= 15 is 0 Å². The maximum atomic E-state index is 13.0. The third kappa shape index (κ3) is 4.78. The lowest BCUT2D eigenvalue weighted by Crippen LogP contribution is -2.35. The normalized spacial score (nSPS) is 12.5. The molecule has 2 rings (SSSR count).